The summed E-state index contributed by atoms with van der Waals surface area (Å²) in [7, 11) is 1.92. The molecule has 2 aliphatic heterocycles. The highest BCUT2D eigenvalue weighted by Crippen LogP contribution is 2.38. The number of hydrogen-bond acceptors (Lipinski definition) is 4. The number of unbranched alkanes of at least 4 members (excludes halogenated alkanes) is 1. The Morgan fingerprint density at radius 1 is 1.48 bits per heavy atom. The average molecular weight is 293 g/mol. The molecule has 0 aromatic rings. The van der Waals surface area contributed by atoms with E-state index in [4.69, 9.17) is 4.99 Å². The fraction of sp³-hybridized carbons (Fsp3) is 0.875. The van der Waals surface area contributed by atoms with Crippen LogP contribution in [0.4, 0.5) is 0 Å². The number of nitrogens with zero attached hydrogens (tertiary/aromatic N) is 3. The van der Waals surface area contributed by atoms with Crippen molar-refractivity contribution in [3.8, 4) is 0 Å². The second-order valence-corrected chi connectivity index (χ2v) is 6.86. The zero-order chi connectivity index (χ0) is 15.0. The lowest BCUT2D eigenvalue weighted by atomic mass is 9.84. The van der Waals surface area contributed by atoms with Gasteiger partial charge in [-0.15, -0.1) is 0 Å². The van der Waals surface area contributed by atoms with Crippen molar-refractivity contribution in [3.63, 3.8) is 0 Å². The van der Waals surface area contributed by atoms with Crippen LogP contribution >= 0.6 is 0 Å². The van der Waals surface area contributed by atoms with E-state index in [1.54, 1.807) is 0 Å². The van der Waals surface area contributed by atoms with Crippen molar-refractivity contribution < 1.29 is 9.90 Å². The Hall–Kier alpha value is -1.10. The summed E-state index contributed by atoms with van der Waals surface area (Å²) in [6.07, 6.45) is 6.60. The van der Waals surface area contributed by atoms with E-state index in [1.807, 2.05) is 16.8 Å². The summed E-state index contributed by atoms with van der Waals surface area (Å²) >= 11 is 0. The largest absolute Gasteiger partial charge is 0.371 e. The summed E-state index contributed by atoms with van der Waals surface area (Å²) in [6, 6.07) is 0. The van der Waals surface area contributed by atoms with E-state index in [-0.39, 0.29) is 11.8 Å². The minimum atomic E-state index is -0.580. The molecule has 0 aromatic heterocycles. The average Bonchev–Trinajstić information content (AvgIpc) is 2.93. The molecule has 1 N–H and O–H groups in total. The molecule has 2 heterocycles. The van der Waals surface area contributed by atoms with Crippen molar-refractivity contribution in [1.82, 2.24) is 9.80 Å². The van der Waals surface area contributed by atoms with Gasteiger partial charge in [0.25, 0.3) is 0 Å². The number of aliphatic hydroxyl groups is 1. The number of amidine groups is 1. The quantitative estimate of drug-likeness (QED) is 0.857. The third-order valence-electron chi connectivity index (χ3n) is 5.41. The fourth-order valence-corrected chi connectivity index (χ4v) is 3.68. The lowest BCUT2D eigenvalue weighted by Gasteiger charge is -2.31. The summed E-state index contributed by atoms with van der Waals surface area (Å²) in [6.45, 7) is 3.49. The van der Waals surface area contributed by atoms with E-state index in [2.05, 4.69) is 6.92 Å². The molecule has 0 aromatic carbocycles. The van der Waals surface area contributed by atoms with E-state index >= 15 is 0 Å². The van der Waals surface area contributed by atoms with Gasteiger partial charge in [0.15, 0.2) is 6.23 Å². The van der Waals surface area contributed by atoms with Gasteiger partial charge in [-0.25, -0.2) is 0 Å². The summed E-state index contributed by atoms with van der Waals surface area (Å²) in [5, 5.41) is 10.6. The van der Waals surface area contributed by atoms with Crippen molar-refractivity contribution in [3.05, 3.63) is 0 Å². The maximum Gasteiger partial charge on any atom is 0.225 e. The van der Waals surface area contributed by atoms with Crippen LogP contribution in [0.2, 0.25) is 0 Å². The molecule has 1 saturated carbocycles. The summed E-state index contributed by atoms with van der Waals surface area (Å²) in [5.74, 6) is 1.52. The van der Waals surface area contributed by atoms with Gasteiger partial charge in [0.1, 0.15) is 11.4 Å². The monoisotopic (exact) mass is 293 g/mol. The van der Waals surface area contributed by atoms with E-state index in [0.717, 1.165) is 50.9 Å². The predicted octanol–water partition coefficient (Wildman–Crippen LogP) is 1.61. The third kappa shape index (κ3) is 2.45. The van der Waals surface area contributed by atoms with E-state index in [0.29, 0.717) is 6.54 Å². The Morgan fingerprint density at radius 2 is 2.24 bits per heavy atom. The molecule has 3 aliphatic rings. The summed E-state index contributed by atoms with van der Waals surface area (Å²) in [5.41, 5.74) is -0.475. The van der Waals surface area contributed by atoms with Crippen LogP contribution in [-0.2, 0) is 4.79 Å². The number of aliphatic hydroxyl groups excluding tert-OH is 1. The lowest BCUT2D eigenvalue weighted by molar-refractivity contribution is -0.137. The zero-order valence-corrected chi connectivity index (χ0v) is 13.2. The number of likely N-dealkylation sites (tertiary alicyclic amines) is 1. The summed E-state index contributed by atoms with van der Waals surface area (Å²) < 4.78 is 0. The second kappa shape index (κ2) is 5.59. The third-order valence-corrected chi connectivity index (χ3v) is 5.41. The topological polar surface area (TPSA) is 56.1 Å². The molecule has 5 nitrogen and oxygen atoms in total. The number of carbonyl (C=O) groups excluding carboxylic acids is 1. The highest BCUT2D eigenvalue weighted by atomic mass is 16.3. The van der Waals surface area contributed by atoms with Gasteiger partial charge in [-0.1, -0.05) is 19.8 Å². The standard InChI is InChI=1S/C16H27N3O2/c1-3-4-8-13-17-16(15(21)18(13)2)9-10-19(11-16)14(20)12-6-5-7-12/h12,15,21H,3-11H2,1-2H3. The minimum Gasteiger partial charge on any atom is -0.371 e. The molecular weight excluding hydrogens is 266 g/mol. The van der Waals surface area contributed by atoms with Crippen LogP contribution in [0.5, 0.6) is 0 Å². The van der Waals surface area contributed by atoms with Gasteiger partial charge in [0.2, 0.25) is 5.91 Å². The Bertz CT molecular complexity index is 447. The fourth-order valence-electron chi connectivity index (χ4n) is 3.68. The molecular formula is C16H27N3O2. The van der Waals surface area contributed by atoms with E-state index in [1.165, 1.54) is 6.42 Å². The zero-order valence-electron chi connectivity index (χ0n) is 13.2. The SMILES string of the molecule is CCCCC1=NC2(CCN(C(=O)C3CCC3)C2)C(O)N1C. The van der Waals surface area contributed by atoms with Gasteiger partial charge in [-0.2, -0.15) is 0 Å². The maximum atomic E-state index is 12.4. The molecule has 1 amide bonds. The van der Waals surface area contributed by atoms with Crippen LogP contribution in [0.15, 0.2) is 4.99 Å². The normalized spacial score (nSPS) is 32.7. The molecule has 1 aliphatic carbocycles. The molecule has 2 fully saturated rings. The first-order chi connectivity index (χ1) is 10.1. The van der Waals surface area contributed by atoms with Gasteiger partial charge in [0.05, 0.1) is 6.54 Å². The first kappa shape index (κ1) is 14.8. The molecule has 21 heavy (non-hydrogen) atoms. The van der Waals surface area contributed by atoms with E-state index < -0.39 is 11.8 Å². The molecule has 1 saturated heterocycles. The van der Waals surface area contributed by atoms with Gasteiger partial charge in [-0.05, 0) is 25.7 Å². The first-order valence-corrected chi connectivity index (χ1v) is 8.36. The number of rotatable bonds is 4. The van der Waals surface area contributed by atoms with Crippen LogP contribution in [0.1, 0.15) is 51.9 Å². The number of amides is 1. The Morgan fingerprint density at radius 3 is 2.86 bits per heavy atom. The van der Waals surface area contributed by atoms with E-state index in [9.17, 15) is 9.90 Å². The first-order valence-electron chi connectivity index (χ1n) is 8.36. The van der Waals surface area contributed by atoms with Crippen molar-refractivity contribution in [2.24, 2.45) is 10.9 Å². The number of carbonyl (C=O) groups is 1. The highest BCUT2D eigenvalue weighted by molar-refractivity contribution is 5.85. The highest BCUT2D eigenvalue weighted by Gasteiger charge is 2.52. The van der Waals surface area contributed by atoms with Crippen LogP contribution in [0, 0.1) is 5.92 Å². The molecule has 3 rings (SSSR count). The van der Waals surface area contributed by atoms with Crippen molar-refractivity contribution in [1.29, 1.82) is 0 Å². The summed E-state index contributed by atoms with van der Waals surface area (Å²) in [4.78, 5) is 21.1. The molecule has 2 atom stereocenters. The number of likely N-dealkylation sites (N-methyl/N-ethyl adjacent to an activating group) is 1. The molecule has 5 heteroatoms. The molecule has 118 valence electrons. The van der Waals surface area contributed by atoms with Crippen LogP contribution in [-0.4, -0.2) is 58.6 Å². The van der Waals surface area contributed by atoms with Crippen LogP contribution in [0.25, 0.3) is 0 Å². The van der Waals surface area contributed by atoms with Gasteiger partial charge >= 0.3 is 0 Å². The Kier molecular flexibility index (Phi) is 3.95. The van der Waals surface area contributed by atoms with Gasteiger partial charge in [0, 0.05) is 25.9 Å². The predicted molar refractivity (Wildman–Crippen MR) is 82.0 cm³/mol. The number of hydrogen-bond donors (Lipinski definition) is 1. The Balaban J connectivity index is 1.70. The van der Waals surface area contributed by atoms with Crippen LogP contribution in [0.3, 0.4) is 0 Å². The molecule has 0 bridgehead atoms. The Labute approximate surface area is 127 Å². The number of aliphatic imine (C=N–C) groups is 1. The second-order valence-electron chi connectivity index (χ2n) is 6.86. The van der Waals surface area contributed by atoms with Gasteiger partial charge in [-0.3, -0.25) is 9.79 Å². The molecule has 1 spiro atoms. The van der Waals surface area contributed by atoms with Crippen LogP contribution < -0.4 is 0 Å². The van der Waals surface area contributed by atoms with Crippen molar-refractivity contribution in [2.45, 2.75) is 63.6 Å². The lowest BCUT2D eigenvalue weighted by Crippen LogP contribution is -2.48. The minimum absolute atomic E-state index is 0.236. The smallest absolute Gasteiger partial charge is 0.225 e. The maximum absolute atomic E-state index is 12.4. The molecule has 0 radical (unpaired) electrons. The molecule has 2 unspecified atom stereocenters. The van der Waals surface area contributed by atoms with Crippen molar-refractivity contribution in [2.75, 3.05) is 20.1 Å². The van der Waals surface area contributed by atoms with Gasteiger partial charge < -0.3 is 14.9 Å². The van der Waals surface area contributed by atoms with Crippen molar-refractivity contribution >= 4 is 11.7 Å².